The zero-order chi connectivity index (χ0) is 9.35. The average molecular weight is 171 g/mol. The standard InChI is InChI=1S/C10H21NO/c1-8(2)11-6-9(3)12-7-10(11,4)5/h8-9H,6-7H2,1-5H3. The number of rotatable bonds is 1. The van der Waals surface area contributed by atoms with Gasteiger partial charge in [-0.25, -0.2) is 0 Å². The average Bonchev–Trinajstić information content (AvgIpc) is 1.94. The first-order chi connectivity index (χ1) is 5.43. The highest BCUT2D eigenvalue weighted by atomic mass is 16.5. The summed E-state index contributed by atoms with van der Waals surface area (Å²) in [4.78, 5) is 2.52. The van der Waals surface area contributed by atoms with Gasteiger partial charge in [-0.3, -0.25) is 4.90 Å². The molecule has 1 aliphatic heterocycles. The van der Waals surface area contributed by atoms with Crippen LogP contribution in [0.2, 0.25) is 0 Å². The molecule has 1 fully saturated rings. The molecule has 1 atom stereocenters. The van der Waals surface area contributed by atoms with Crippen LogP contribution in [-0.4, -0.2) is 35.7 Å². The number of morpholine rings is 1. The van der Waals surface area contributed by atoms with E-state index < -0.39 is 0 Å². The van der Waals surface area contributed by atoms with Crippen LogP contribution in [0.1, 0.15) is 34.6 Å². The fourth-order valence-electron chi connectivity index (χ4n) is 1.92. The van der Waals surface area contributed by atoms with E-state index in [1.165, 1.54) is 0 Å². The van der Waals surface area contributed by atoms with Gasteiger partial charge in [0.25, 0.3) is 0 Å². The SMILES string of the molecule is CC1CN(C(C)C)C(C)(C)CO1. The molecule has 0 radical (unpaired) electrons. The summed E-state index contributed by atoms with van der Waals surface area (Å²) in [7, 11) is 0. The van der Waals surface area contributed by atoms with Crippen LogP contribution < -0.4 is 0 Å². The van der Waals surface area contributed by atoms with Crippen molar-refractivity contribution in [3.63, 3.8) is 0 Å². The molecule has 0 bridgehead atoms. The topological polar surface area (TPSA) is 12.5 Å². The zero-order valence-corrected chi connectivity index (χ0v) is 8.92. The van der Waals surface area contributed by atoms with Crippen molar-refractivity contribution in [1.29, 1.82) is 0 Å². The fraction of sp³-hybridized carbons (Fsp3) is 1.00. The van der Waals surface area contributed by atoms with Crippen LogP contribution >= 0.6 is 0 Å². The van der Waals surface area contributed by atoms with Crippen molar-refractivity contribution in [1.82, 2.24) is 4.90 Å². The lowest BCUT2D eigenvalue weighted by Gasteiger charge is -2.47. The smallest absolute Gasteiger partial charge is 0.0675 e. The van der Waals surface area contributed by atoms with Crippen LogP contribution in [0.3, 0.4) is 0 Å². The quantitative estimate of drug-likeness (QED) is 0.597. The summed E-state index contributed by atoms with van der Waals surface area (Å²) in [6.07, 6.45) is 0.389. The van der Waals surface area contributed by atoms with Crippen molar-refractivity contribution >= 4 is 0 Å². The van der Waals surface area contributed by atoms with Gasteiger partial charge in [-0.1, -0.05) is 0 Å². The van der Waals surface area contributed by atoms with E-state index in [9.17, 15) is 0 Å². The predicted molar refractivity (Wildman–Crippen MR) is 51.3 cm³/mol. The molecule has 1 unspecified atom stereocenters. The molecule has 0 saturated carbocycles. The van der Waals surface area contributed by atoms with E-state index >= 15 is 0 Å². The third-order valence-electron chi connectivity index (χ3n) is 2.58. The lowest BCUT2D eigenvalue weighted by atomic mass is 9.99. The third-order valence-corrected chi connectivity index (χ3v) is 2.58. The Morgan fingerprint density at radius 2 is 2.00 bits per heavy atom. The van der Waals surface area contributed by atoms with Gasteiger partial charge in [0.05, 0.1) is 12.7 Å². The Bertz CT molecular complexity index is 154. The summed E-state index contributed by atoms with van der Waals surface area (Å²) < 4.78 is 5.63. The maximum Gasteiger partial charge on any atom is 0.0675 e. The lowest BCUT2D eigenvalue weighted by molar-refractivity contribution is -0.103. The van der Waals surface area contributed by atoms with Gasteiger partial charge in [0.2, 0.25) is 0 Å². The molecule has 0 aromatic carbocycles. The maximum absolute atomic E-state index is 5.63. The van der Waals surface area contributed by atoms with Gasteiger partial charge in [0.1, 0.15) is 0 Å². The molecule has 0 amide bonds. The van der Waals surface area contributed by atoms with Gasteiger partial charge >= 0.3 is 0 Å². The Balaban J connectivity index is 2.65. The fourth-order valence-corrected chi connectivity index (χ4v) is 1.92. The molecule has 2 heteroatoms. The maximum atomic E-state index is 5.63. The van der Waals surface area contributed by atoms with Gasteiger partial charge in [-0.05, 0) is 34.6 Å². The Labute approximate surface area is 75.9 Å². The summed E-state index contributed by atoms with van der Waals surface area (Å²) >= 11 is 0. The summed E-state index contributed by atoms with van der Waals surface area (Å²) in [5.41, 5.74) is 0.209. The van der Waals surface area contributed by atoms with Crippen LogP contribution in [0, 0.1) is 0 Å². The van der Waals surface area contributed by atoms with Crippen molar-refractivity contribution in [3.05, 3.63) is 0 Å². The molecule has 0 aromatic rings. The summed E-state index contributed by atoms with van der Waals surface area (Å²) in [5, 5.41) is 0. The van der Waals surface area contributed by atoms with Gasteiger partial charge < -0.3 is 4.74 Å². The molecule has 1 aliphatic rings. The van der Waals surface area contributed by atoms with E-state index in [1.807, 2.05) is 0 Å². The van der Waals surface area contributed by atoms with E-state index in [0.29, 0.717) is 12.1 Å². The second-order valence-electron chi connectivity index (χ2n) is 4.68. The Morgan fingerprint density at radius 3 is 2.42 bits per heavy atom. The van der Waals surface area contributed by atoms with Crippen LogP contribution in [0.25, 0.3) is 0 Å². The Hall–Kier alpha value is -0.0800. The van der Waals surface area contributed by atoms with Crippen LogP contribution in [0.5, 0.6) is 0 Å². The van der Waals surface area contributed by atoms with E-state index in [4.69, 9.17) is 4.74 Å². The van der Waals surface area contributed by atoms with Gasteiger partial charge in [-0.15, -0.1) is 0 Å². The molecule has 2 nitrogen and oxygen atoms in total. The van der Waals surface area contributed by atoms with E-state index in [2.05, 4.69) is 39.5 Å². The second kappa shape index (κ2) is 3.35. The molecule has 1 heterocycles. The van der Waals surface area contributed by atoms with Gasteiger partial charge in [0.15, 0.2) is 0 Å². The molecule has 1 saturated heterocycles. The predicted octanol–water partition coefficient (Wildman–Crippen LogP) is 1.89. The molecular weight excluding hydrogens is 150 g/mol. The first-order valence-electron chi connectivity index (χ1n) is 4.82. The first kappa shape index (κ1) is 10.0. The van der Waals surface area contributed by atoms with E-state index in [-0.39, 0.29) is 5.54 Å². The monoisotopic (exact) mass is 171 g/mol. The molecular formula is C10H21NO. The van der Waals surface area contributed by atoms with Crippen LogP contribution in [0.4, 0.5) is 0 Å². The molecule has 72 valence electrons. The van der Waals surface area contributed by atoms with E-state index in [0.717, 1.165) is 13.2 Å². The normalized spacial score (nSPS) is 31.0. The van der Waals surface area contributed by atoms with Crippen molar-refractivity contribution in [2.45, 2.75) is 52.3 Å². The second-order valence-corrected chi connectivity index (χ2v) is 4.68. The van der Waals surface area contributed by atoms with Crippen molar-refractivity contribution in [2.75, 3.05) is 13.2 Å². The lowest BCUT2D eigenvalue weighted by Crippen LogP contribution is -2.57. The molecule has 0 aliphatic carbocycles. The molecule has 1 rings (SSSR count). The highest BCUT2D eigenvalue weighted by Crippen LogP contribution is 2.23. The zero-order valence-electron chi connectivity index (χ0n) is 8.92. The minimum atomic E-state index is 0.209. The molecule has 0 spiro atoms. The van der Waals surface area contributed by atoms with Gasteiger partial charge in [-0.2, -0.15) is 0 Å². The largest absolute Gasteiger partial charge is 0.375 e. The molecule has 0 N–H and O–H groups in total. The van der Waals surface area contributed by atoms with Crippen molar-refractivity contribution < 1.29 is 4.74 Å². The number of nitrogens with zero attached hydrogens (tertiary/aromatic N) is 1. The molecule has 12 heavy (non-hydrogen) atoms. The molecule has 0 aromatic heterocycles. The highest BCUT2D eigenvalue weighted by Gasteiger charge is 2.34. The summed E-state index contributed by atoms with van der Waals surface area (Å²) in [6, 6.07) is 0.617. The van der Waals surface area contributed by atoms with Crippen molar-refractivity contribution in [3.8, 4) is 0 Å². The summed E-state index contributed by atoms with van der Waals surface area (Å²) in [5.74, 6) is 0. The van der Waals surface area contributed by atoms with E-state index in [1.54, 1.807) is 0 Å². The Kier molecular flexibility index (Phi) is 2.79. The minimum absolute atomic E-state index is 0.209. The number of ether oxygens (including phenoxy) is 1. The summed E-state index contributed by atoms with van der Waals surface area (Å²) in [6.45, 7) is 13.1. The highest BCUT2D eigenvalue weighted by molar-refractivity contribution is 4.88. The number of hydrogen-bond donors (Lipinski definition) is 0. The Morgan fingerprint density at radius 1 is 1.42 bits per heavy atom. The van der Waals surface area contributed by atoms with Crippen LogP contribution in [0.15, 0.2) is 0 Å². The van der Waals surface area contributed by atoms with Crippen molar-refractivity contribution in [2.24, 2.45) is 0 Å². The third kappa shape index (κ3) is 1.99. The van der Waals surface area contributed by atoms with Crippen LogP contribution in [-0.2, 0) is 4.74 Å². The number of hydrogen-bond acceptors (Lipinski definition) is 2. The van der Waals surface area contributed by atoms with Gasteiger partial charge in [0, 0.05) is 18.1 Å². The minimum Gasteiger partial charge on any atom is -0.375 e. The first-order valence-corrected chi connectivity index (χ1v) is 4.82.